The minimum Gasteiger partial charge on any atom is -0.346 e. The molecule has 3 unspecified atom stereocenters. The van der Waals surface area contributed by atoms with Crippen LogP contribution in [0, 0.1) is 6.92 Å². The van der Waals surface area contributed by atoms with Gasteiger partial charge in [0.25, 0.3) is 0 Å². The number of carbonyl (C=O) groups is 3. The van der Waals surface area contributed by atoms with E-state index < -0.39 is 35.9 Å². The minimum absolute atomic E-state index is 0.0364. The first kappa shape index (κ1) is 28.3. The lowest BCUT2D eigenvalue weighted by molar-refractivity contribution is -0.168. The Morgan fingerprint density at radius 2 is 1.79 bits per heavy atom. The zero-order valence-electron chi connectivity index (χ0n) is 21.0. The van der Waals surface area contributed by atoms with Gasteiger partial charge in [-0.15, -0.1) is 0 Å². The summed E-state index contributed by atoms with van der Waals surface area (Å²) in [5.41, 5.74) is 0.634. The van der Waals surface area contributed by atoms with Crippen LogP contribution in [0.25, 0.3) is 0 Å². The largest absolute Gasteiger partial charge is 0.416 e. The maximum atomic E-state index is 13.6. The normalized spacial score (nSPS) is 22.6. The van der Waals surface area contributed by atoms with Crippen molar-refractivity contribution in [2.75, 3.05) is 13.1 Å². The van der Waals surface area contributed by atoms with E-state index in [0.717, 1.165) is 22.6 Å². The van der Waals surface area contributed by atoms with Crippen molar-refractivity contribution in [2.24, 2.45) is 0 Å². The number of nitrogens with one attached hydrogen (secondary N) is 1. The second-order valence-corrected chi connectivity index (χ2v) is 11.2. The van der Waals surface area contributed by atoms with E-state index in [1.807, 2.05) is 37.2 Å². The van der Waals surface area contributed by atoms with Gasteiger partial charge in [-0.05, 0) is 74.2 Å². The van der Waals surface area contributed by atoms with Crippen molar-refractivity contribution >= 4 is 41.8 Å². The van der Waals surface area contributed by atoms with Gasteiger partial charge in [-0.2, -0.15) is 13.2 Å². The Hall–Kier alpha value is -2.76. The molecule has 0 saturated carbocycles. The molecule has 0 aliphatic carbocycles. The smallest absolute Gasteiger partial charge is 0.346 e. The van der Waals surface area contributed by atoms with Gasteiger partial charge >= 0.3 is 6.18 Å². The molecule has 2 aliphatic heterocycles. The number of rotatable bonds is 7. The Labute approximate surface area is 228 Å². The van der Waals surface area contributed by atoms with E-state index in [0.29, 0.717) is 17.0 Å². The van der Waals surface area contributed by atoms with Crippen molar-refractivity contribution in [1.82, 2.24) is 19.4 Å². The number of benzene rings is 2. The Morgan fingerprint density at radius 3 is 2.37 bits per heavy atom. The van der Waals surface area contributed by atoms with Crippen molar-refractivity contribution in [2.45, 2.75) is 62.6 Å². The number of halogens is 4. The molecule has 2 fully saturated rings. The molecule has 1 N–H and O–H groups in total. The third-order valence-electron chi connectivity index (χ3n) is 6.79. The van der Waals surface area contributed by atoms with Crippen molar-refractivity contribution in [1.29, 1.82) is 0 Å². The van der Waals surface area contributed by atoms with Gasteiger partial charge in [-0.1, -0.05) is 23.7 Å². The molecule has 0 bridgehead atoms. The second-order valence-electron chi connectivity index (χ2n) is 9.66. The lowest BCUT2D eigenvalue weighted by atomic mass is 9.96. The number of alkyl halides is 3. The van der Waals surface area contributed by atoms with Crippen LogP contribution < -0.4 is 5.32 Å². The predicted octanol–water partition coefficient (Wildman–Crippen LogP) is 4.12. The van der Waals surface area contributed by atoms with Crippen LogP contribution in [0.5, 0.6) is 0 Å². The molecule has 0 aromatic heterocycles. The number of carbonyl (C=O) groups excluding carboxylic acids is 3. The number of nitrogens with zero attached hydrogens (tertiary/aromatic N) is 3. The van der Waals surface area contributed by atoms with Crippen LogP contribution >= 0.6 is 23.5 Å². The molecule has 0 spiro atoms. The summed E-state index contributed by atoms with van der Waals surface area (Å²) in [4.78, 5) is 42.7. The molecule has 2 aromatic rings. The molecule has 2 saturated heterocycles. The summed E-state index contributed by atoms with van der Waals surface area (Å²) in [5, 5.41) is 3.16. The summed E-state index contributed by atoms with van der Waals surface area (Å²) >= 11 is 7.53. The lowest BCUT2D eigenvalue weighted by Gasteiger charge is -2.54. The van der Waals surface area contributed by atoms with Crippen LogP contribution in [-0.2, 0) is 27.0 Å². The van der Waals surface area contributed by atoms with E-state index in [9.17, 15) is 27.6 Å². The summed E-state index contributed by atoms with van der Waals surface area (Å²) < 4.78 is 41.2. The molecule has 2 heterocycles. The highest BCUT2D eigenvalue weighted by Gasteiger charge is 2.51. The average Bonchev–Trinajstić information content (AvgIpc) is 2.84. The molecular weight excluding hydrogens is 541 g/mol. The Morgan fingerprint density at radius 1 is 1.11 bits per heavy atom. The molecule has 3 atom stereocenters. The maximum Gasteiger partial charge on any atom is 0.416 e. The van der Waals surface area contributed by atoms with E-state index in [1.54, 1.807) is 11.0 Å². The molecule has 204 valence electrons. The van der Waals surface area contributed by atoms with Crippen LogP contribution in [0.15, 0.2) is 47.4 Å². The zero-order chi connectivity index (χ0) is 27.8. The summed E-state index contributed by atoms with van der Waals surface area (Å²) in [7, 11) is 0. The van der Waals surface area contributed by atoms with Crippen LogP contribution in [-0.4, -0.2) is 69.7 Å². The van der Waals surface area contributed by atoms with Crippen LogP contribution in [0.1, 0.15) is 30.5 Å². The zero-order valence-corrected chi connectivity index (χ0v) is 22.6. The van der Waals surface area contributed by atoms with Crippen LogP contribution in [0.3, 0.4) is 0 Å². The molecule has 12 heteroatoms. The Balaban J connectivity index is 1.71. The third kappa shape index (κ3) is 5.79. The maximum absolute atomic E-state index is 13.6. The molecule has 0 radical (unpaired) electrons. The van der Waals surface area contributed by atoms with Gasteiger partial charge in [-0.25, -0.2) is 4.31 Å². The SMILES string of the molecule is Cc1cc(Cl)ccc1SN1CC(NC=O)C(=O)N2C(Cc3ccc(C(F)(F)F)cc3)C(=O)N(C(C)C)CC12. The number of piperazine rings is 1. The first-order valence-electron chi connectivity index (χ1n) is 12.1. The molecule has 2 aliphatic rings. The summed E-state index contributed by atoms with van der Waals surface area (Å²) in [6.07, 6.45) is -4.51. The van der Waals surface area contributed by atoms with Crippen molar-refractivity contribution in [3.63, 3.8) is 0 Å². The van der Waals surface area contributed by atoms with Gasteiger partial charge in [0, 0.05) is 28.9 Å². The number of hydrogen-bond acceptors (Lipinski definition) is 5. The van der Waals surface area contributed by atoms with Gasteiger partial charge < -0.3 is 15.1 Å². The fraction of sp³-hybridized carbons (Fsp3) is 0.423. The highest BCUT2D eigenvalue weighted by molar-refractivity contribution is 7.97. The predicted molar refractivity (Wildman–Crippen MR) is 138 cm³/mol. The molecule has 7 nitrogen and oxygen atoms in total. The van der Waals surface area contributed by atoms with Crippen molar-refractivity contribution < 1.29 is 27.6 Å². The Bertz CT molecular complexity index is 1210. The van der Waals surface area contributed by atoms with E-state index in [4.69, 9.17) is 11.6 Å². The highest BCUT2D eigenvalue weighted by Crippen LogP contribution is 2.37. The Kier molecular flexibility index (Phi) is 8.29. The molecule has 4 rings (SSSR count). The van der Waals surface area contributed by atoms with Gasteiger partial charge in [0.2, 0.25) is 18.2 Å². The van der Waals surface area contributed by atoms with E-state index in [1.165, 1.54) is 29.0 Å². The van der Waals surface area contributed by atoms with Gasteiger partial charge in [0.15, 0.2) is 0 Å². The number of fused-ring (bicyclic) bond motifs is 1. The monoisotopic (exact) mass is 568 g/mol. The highest BCUT2D eigenvalue weighted by atomic mass is 35.5. The average molecular weight is 569 g/mol. The molecule has 38 heavy (non-hydrogen) atoms. The number of amides is 3. The third-order valence-corrected chi connectivity index (χ3v) is 8.30. The first-order valence-corrected chi connectivity index (χ1v) is 13.2. The molecule has 2 aromatic carbocycles. The van der Waals surface area contributed by atoms with E-state index in [2.05, 4.69) is 5.32 Å². The number of hydrogen-bond donors (Lipinski definition) is 1. The van der Waals surface area contributed by atoms with Crippen molar-refractivity contribution in [3.05, 3.63) is 64.2 Å². The minimum atomic E-state index is -4.48. The summed E-state index contributed by atoms with van der Waals surface area (Å²) in [5.74, 6) is -0.690. The van der Waals surface area contributed by atoms with E-state index >= 15 is 0 Å². The standard InChI is InChI=1S/C26H28ClF3N4O3S/c1-15(2)32-13-23-33(38-22-9-8-19(27)10-16(22)3)12-20(31-14-35)24(36)34(23)21(25(32)37)11-17-4-6-18(7-5-17)26(28,29)30/h4-10,14-15,20-21,23H,11-13H2,1-3H3,(H,31,35). The van der Waals surface area contributed by atoms with Gasteiger partial charge in [0.05, 0.1) is 12.1 Å². The van der Waals surface area contributed by atoms with E-state index in [-0.39, 0.29) is 31.5 Å². The number of aryl methyl sites for hydroxylation is 1. The topological polar surface area (TPSA) is 73.0 Å². The lowest BCUT2D eigenvalue weighted by Crippen LogP contribution is -2.74. The fourth-order valence-electron chi connectivity index (χ4n) is 4.81. The second kappa shape index (κ2) is 11.2. The van der Waals surface area contributed by atoms with Crippen molar-refractivity contribution in [3.8, 4) is 0 Å². The van der Waals surface area contributed by atoms with Crippen LogP contribution in [0.2, 0.25) is 5.02 Å². The van der Waals surface area contributed by atoms with Gasteiger partial charge in [0.1, 0.15) is 18.2 Å². The molecular formula is C26H28ClF3N4O3S. The summed E-state index contributed by atoms with van der Waals surface area (Å²) in [6, 6.07) is 8.07. The quantitative estimate of drug-likeness (QED) is 0.402. The van der Waals surface area contributed by atoms with Gasteiger partial charge in [-0.3, -0.25) is 14.4 Å². The fourth-order valence-corrected chi connectivity index (χ4v) is 6.14. The first-order chi connectivity index (χ1) is 17.9. The summed E-state index contributed by atoms with van der Waals surface area (Å²) in [6.45, 7) is 6.13. The van der Waals surface area contributed by atoms with Crippen LogP contribution in [0.4, 0.5) is 13.2 Å². The molecule has 3 amide bonds.